The summed E-state index contributed by atoms with van der Waals surface area (Å²) in [7, 11) is 0. The van der Waals surface area contributed by atoms with Gasteiger partial charge in [-0.05, 0) is 69.4 Å². The molecule has 2 aliphatic rings. The molecular weight excluding hydrogens is 362 g/mol. The van der Waals surface area contributed by atoms with Gasteiger partial charge in [-0.25, -0.2) is 4.98 Å². The van der Waals surface area contributed by atoms with Crippen molar-refractivity contribution in [2.75, 3.05) is 19.7 Å². The molecule has 162 valence electrons. The van der Waals surface area contributed by atoms with Gasteiger partial charge in [-0.2, -0.15) is 0 Å². The van der Waals surface area contributed by atoms with Gasteiger partial charge in [0.2, 0.25) is 11.8 Å². The maximum Gasteiger partial charge on any atom is 0.224 e. The van der Waals surface area contributed by atoms with Crippen molar-refractivity contribution in [1.82, 2.24) is 15.2 Å². The van der Waals surface area contributed by atoms with Gasteiger partial charge in [0.15, 0.2) is 0 Å². The van der Waals surface area contributed by atoms with E-state index in [2.05, 4.69) is 42.0 Å². The van der Waals surface area contributed by atoms with E-state index in [0.29, 0.717) is 18.1 Å². The smallest absolute Gasteiger partial charge is 0.224 e. The molecule has 0 bridgehead atoms. The van der Waals surface area contributed by atoms with Crippen molar-refractivity contribution >= 4 is 5.91 Å². The molecule has 1 unspecified atom stereocenters. The zero-order valence-electron chi connectivity index (χ0n) is 18.7. The minimum absolute atomic E-state index is 0.0938. The molecule has 1 atom stereocenters. The lowest BCUT2D eigenvalue weighted by atomic mass is 9.71. The van der Waals surface area contributed by atoms with Crippen molar-refractivity contribution in [3.05, 3.63) is 23.9 Å². The number of carbonyl (C=O) groups excluding carboxylic acids is 1. The van der Waals surface area contributed by atoms with Crippen molar-refractivity contribution in [2.45, 2.75) is 78.8 Å². The van der Waals surface area contributed by atoms with Crippen LogP contribution < -0.4 is 10.1 Å². The predicted octanol–water partition coefficient (Wildman–Crippen LogP) is 4.41. The number of hydrogen-bond acceptors (Lipinski definition) is 4. The second kappa shape index (κ2) is 9.92. The highest BCUT2D eigenvalue weighted by Crippen LogP contribution is 2.37. The number of likely N-dealkylation sites (tertiary alicyclic amines) is 1. The Morgan fingerprint density at radius 2 is 2.00 bits per heavy atom. The Labute approximate surface area is 176 Å². The van der Waals surface area contributed by atoms with Crippen molar-refractivity contribution in [3.63, 3.8) is 0 Å². The quantitative estimate of drug-likeness (QED) is 0.767. The lowest BCUT2D eigenvalue weighted by Crippen LogP contribution is -2.47. The van der Waals surface area contributed by atoms with Gasteiger partial charge in [0, 0.05) is 30.9 Å². The minimum Gasteiger partial charge on any atom is -0.478 e. The van der Waals surface area contributed by atoms with Crippen LogP contribution in [0.15, 0.2) is 18.3 Å². The number of carbonyl (C=O) groups is 1. The van der Waals surface area contributed by atoms with Gasteiger partial charge in [-0.1, -0.05) is 26.8 Å². The zero-order chi connectivity index (χ0) is 20.9. The van der Waals surface area contributed by atoms with E-state index < -0.39 is 0 Å². The fourth-order valence-corrected chi connectivity index (χ4v) is 4.89. The Bertz CT molecular complexity index is 662. The SMILES string of the molecule is CCOc1ncccc1CN1CCCC(C(=O)NC2CCC(C(C)(C)C)CC2)C1. The minimum atomic E-state index is 0.0938. The second-order valence-electron chi connectivity index (χ2n) is 9.90. The van der Waals surface area contributed by atoms with Crippen LogP contribution >= 0.6 is 0 Å². The molecule has 5 heteroatoms. The Morgan fingerprint density at radius 1 is 1.24 bits per heavy atom. The molecule has 1 aromatic heterocycles. The maximum atomic E-state index is 12.9. The van der Waals surface area contributed by atoms with Crippen LogP contribution in [-0.2, 0) is 11.3 Å². The Morgan fingerprint density at radius 3 is 2.69 bits per heavy atom. The van der Waals surface area contributed by atoms with Crippen LogP contribution in [-0.4, -0.2) is 41.5 Å². The summed E-state index contributed by atoms with van der Waals surface area (Å²) in [5, 5.41) is 3.37. The normalized spacial score (nSPS) is 26.1. The summed E-state index contributed by atoms with van der Waals surface area (Å²) in [6, 6.07) is 4.40. The van der Waals surface area contributed by atoms with E-state index in [1.165, 1.54) is 12.8 Å². The molecule has 0 radical (unpaired) electrons. The molecule has 1 saturated carbocycles. The molecule has 1 aliphatic carbocycles. The van der Waals surface area contributed by atoms with Crippen LogP contribution in [0, 0.1) is 17.3 Å². The van der Waals surface area contributed by atoms with Gasteiger partial charge in [0.25, 0.3) is 0 Å². The van der Waals surface area contributed by atoms with Crippen LogP contribution in [0.1, 0.15) is 71.8 Å². The Kier molecular flexibility index (Phi) is 7.55. The van der Waals surface area contributed by atoms with E-state index in [1.807, 2.05) is 13.0 Å². The monoisotopic (exact) mass is 401 g/mol. The molecule has 5 nitrogen and oxygen atoms in total. The molecule has 0 spiro atoms. The number of hydrogen-bond donors (Lipinski definition) is 1. The van der Waals surface area contributed by atoms with E-state index in [4.69, 9.17) is 4.74 Å². The van der Waals surface area contributed by atoms with Crippen molar-refractivity contribution in [3.8, 4) is 5.88 Å². The fourth-order valence-electron chi connectivity index (χ4n) is 4.89. The molecule has 2 fully saturated rings. The summed E-state index contributed by atoms with van der Waals surface area (Å²) in [6.45, 7) is 12.3. The third-order valence-corrected chi connectivity index (χ3v) is 6.70. The van der Waals surface area contributed by atoms with Gasteiger partial charge in [0.1, 0.15) is 0 Å². The highest BCUT2D eigenvalue weighted by molar-refractivity contribution is 5.79. The van der Waals surface area contributed by atoms with E-state index in [0.717, 1.165) is 62.7 Å². The number of nitrogens with one attached hydrogen (secondary N) is 1. The molecule has 1 amide bonds. The summed E-state index contributed by atoms with van der Waals surface area (Å²) in [4.78, 5) is 19.7. The molecule has 1 N–H and O–H groups in total. The second-order valence-corrected chi connectivity index (χ2v) is 9.90. The van der Waals surface area contributed by atoms with Crippen molar-refractivity contribution < 1.29 is 9.53 Å². The van der Waals surface area contributed by atoms with E-state index in [-0.39, 0.29) is 11.8 Å². The lowest BCUT2D eigenvalue weighted by Gasteiger charge is -2.38. The number of amides is 1. The Hall–Kier alpha value is -1.62. The molecule has 1 aliphatic heterocycles. The maximum absolute atomic E-state index is 12.9. The average Bonchev–Trinajstić information content (AvgIpc) is 2.70. The first kappa shape index (κ1) is 22.1. The summed E-state index contributed by atoms with van der Waals surface area (Å²) in [5.41, 5.74) is 1.49. The van der Waals surface area contributed by atoms with Gasteiger partial charge in [-0.3, -0.25) is 9.69 Å². The first-order chi connectivity index (χ1) is 13.9. The average molecular weight is 402 g/mol. The lowest BCUT2D eigenvalue weighted by molar-refractivity contribution is -0.127. The van der Waals surface area contributed by atoms with E-state index in [1.54, 1.807) is 6.20 Å². The first-order valence-corrected chi connectivity index (χ1v) is 11.5. The highest BCUT2D eigenvalue weighted by Gasteiger charge is 2.32. The van der Waals surface area contributed by atoms with Crippen molar-refractivity contribution in [1.29, 1.82) is 0 Å². The molecule has 29 heavy (non-hydrogen) atoms. The predicted molar refractivity (Wildman–Crippen MR) is 117 cm³/mol. The van der Waals surface area contributed by atoms with E-state index >= 15 is 0 Å². The van der Waals surface area contributed by atoms with Gasteiger partial charge in [-0.15, -0.1) is 0 Å². The van der Waals surface area contributed by atoms with Crippen LogP contribution in [0.2, 0.25) is 0 Å². The molecule has 0 aromatic carbocycles. The van der Waals surface area contributed by atoms with E-state index in [9.17, 15) is 4.79 Å². The number of nitrogens with zero attached hydrogens (tertiary/aromatic N) is 2. The third-order valence-electron chi connectivity index (χ3n) is 6.70. The first-order valence-electron chi connectivity index (χ1n) is 11.5. The number of aromatic nitrogens is 1. The molecular formula is C24H39N3O2. The van der Waals surface area contributed by atoms with Crippen LogP contribution in [0.4, 0.5) is 0 Å². The topological polar surface area (TPSA) is 54.5 Å². The number of piperidine rings is 1. The molecule has 1 saturated heterocycles. The van der Waals surface area contributed by atoms with Gasteiger partial charge < -0.3 is 10.1 Å². The molecule has 3 rings (SSSR count). The molecule has 2 heterocycles. The highest BCUT2D eigenvalue weighted by atomic mass is 16.5. The largest absolute Gasteiger partial charge is 0.478 e. The Balaban J connectivity index is 1.50. The van der Waals surface area contributed by atoms with Crippen LogP contribution in [0.3, 0.4) is 0 Å². The van der Waals surface area contributed by atoms with Crippen LogP contribution in [0.5, 0.6) is 5.88 Å². The number of ether oxygens (including phenoxy) is 1. The van der Waals surface area contributed by atoms with Gasteiger partial charge >= 0.3 is 0 Å². The number of rotatable bonds is 6. The third kappa shape index (κ3) is 6.18. The fraction of sp³-hybridized carbons (Fsp3) is 0.750. The number of pyridine rings is 1. The summed E-state index contributed by atoms with van der Waals surface area (Å²) >= 11 is 0. The summed E-state index contributed by atoms with van der Waals surface area (Å²) < 4.78 is 5.67. The molecule has 1 aromatic rings. The summed E-state index contributed by atoms with van der Waals surface area (Å²) in [5.74, 6) is 1.85. The zero-order valence-corrected chi connectivity index (χ0v) is 18.7. The van der Waals surface area contributed by atoms with Crippen molar-refractivity contribution in [2.24, 2.45) is 17.3 Å². The summed E-state index contributed by atoms with van der Waals surface area (Å²) in [6.07, 6.45) is 8.54. The standard InChI is InChI=1S/C24H39N3O2/c1-5-29-23-19(8-6-14-25-23)17-27-15-7-9-18(16-27)22(28)26-21-12-10-20(11-13-21)24(2,3)4/h6,8,14,18,20-21H,5,7,9-13,15-17H2,1-4H3,(H,26,28). The van der Waals surface area contributed by atoms with Gasteiger partial charge in [0.05, 0.1) is 12.5 Å². The van der Waals surface area contributed by atoms with Crippen LogP contribution in [0.25, 0.3) is 0 Å².